The number of carbonyl (C=O) groups is 1. The van der Waals surface area contributed by atoms with Crippen LogP contribution in [-0.4, -0.2) is 22.3 Å². The summed E-state index contributed by atoms with van der Waals surface area (Å²) in [6.07, 6.45) is 2.68. The molecule has 1 aromatic heterocycles. The van der Waals surface area contributed by atoms with E-state index in [0.717, 1.165) is 34.3 Å². The van der Waals surface area contributed by atoms with Gasteiger partial charge in [0, 0.05) is 22.8 Å². The molecule has 2 heterocycles. The Morgan fingerprint density at radius 3 is 2.84 bits per heavy atom. The fourth-order valence-corrected chi connectivity index (χ4v) is 2.56. The number of carbonyl (C=O) groups excluding carboxylic acids is 1. The molecule has 0 saturated heterocycles. The number of amides is 1. The Hall–Kier alpha value is -1.68. The number of fused-ring (bicyclic) bond motifs is 1. The van der Waals surface area contributed by atoms with Crippen molar-refractivity contribution in [1.29, 1.82) is 0 Å². The van der Waals surface area contributed by atoms with Crippen LogP contribution < -0.4 is 0 Å². The van der Waals surface area contributed by atoms with E-state index in [1.165, 1.54) is 0 Å². The van der Waals surface area contributed by atoms with Crippen LogP contribution in [-0.2, 0) is 13.0 Å². The summed E-state index contributed by atoms with van der Waals surface area (Å²) in [5.74, 6) is 0.103. The highest BCUT2D eigenvalue weighted by atomic mass is 79.9. The highest BCUT2D eigenvalue weighted by Gasteiger charge is 2.23. The molecule has 0 unspecified atom stereocenters. The summed E-state index contributed by atoms with van der Waals surface area (Å²) in [6, 6.07) is 11.7. The Kier molecular flexibility index (Phi) is 3.34. The number of halogens is 1. The predicted molar refractivity (Wildman–Crippen MR) is 76.8 cm³/mol. The molecule has 3 nitrogen and oxygen atoms in total. The molecule has 1 amide bonds. The second-order valence-corrected chi connectivity index (χ2v) is 5.52. The third-order valence-corrected chi connectivity index (χ3v) is 3.80. The topological polar surface area (TPSA) is 33.2 Å². The van der Waals surface area contributed by atoms with Gasteiger partial charge >= 0.3 is 0 Å². The summed E-state index contributed by atoms with van der Waals surface area (Å²) in [5, 5.41) is 0. The molecule has 19 heavy (non-hydrogen) atoms. The summed E-state index contributed by atoms with van der Waals surface area (Å²) in [5.41, 5.74) is 2.88. The molecule has 3 rings (SSSR count). The largest absolute Gasteiger partial charge is 0.332 e. The van der Waals surface area contributed by atoms with Crippen LogP contribution in [0.4, 0.5) is 0 Å². The molecule has 1 aliphatic heterocycles. The monoisotopic (exact) mass is 316 g/mol. The summed E-state index contributed by atoms with van der Waals surface area (Å²) >= 11 is 3.36. The molecular weight excluding hydrogens is 304 g/mol. The fourth-order valence-electron chi connectivity index (χ4n) is 2.32. The van der Waals surface area contributed by atoms with E-state index in [-0.39, 0.29) is 5.91 Å². The van der Waals surface area contributed by atoms with Gasteiger partial charge in [-0.2, -0.15) is 0 Å². The van der Waals surface area contributed by atoms with Gasteiger partial charge in [0.2, 0.25) is 0 Å². The first kappa shape index (κ1) is 12.4. The van der Waals surface area contributed by atoms with E-state index in [0.29, 0.717) is 6.54 Å². The molecule has 0 saturated carbocycles. The number of nitrogens with zero attached hydrogens (tertiary/aromatic N) is 2. The number of hydrogen-bond donors (Lipinski definition) is 0. The van der Waals surface area contributed by atoms with Crippen molar-refractivity contribution >= 4 is 21.8 Å². The molecule has 0 radical (unpaired) electrons. The first-order valence-electron chi connectivity index (χ1n) is 6.21. The molecule has 4 heteroatoms. The number of pyridine rings is 1. The van der Waals surface area contributed by atoms with Crippen LogP contribution in [0.3, 0.4) is 0 Å². The number of rotatable bonds is 2. The van der Waals surface area contributed by atoms with Gasteiger partial charge in [-0.3, -0.25) is 9.78 Å². The third kappa shape index (κ3) is 2.54. The van der Waals surface area contributed by atoms with Gasteiger partial charge in [0.25, 0.3) is 5.91 Å². The van der Waals surface area contributed by atoms with E-state index in [1.54, 1.807) is 6.20 Å². The Bertz CT molecular complexity index is 610. The number of benzene rings is 1. The highest BCUT2D eigenvalue weighted by molar-refractivity contribution is 9.10. The van der Waals surface area contributed by atoms with E-state index < -0.39 is 0 Å². The minimum atomic E-state index is 0.103. The molecular formula is C15H13BrN2O. The molecule has 0 aliphatic carbocycles. The molecule has 0 atom stereocenters. The molecule has 0 bridgehead atoms. The third-order valence-electron chi connectivity index (χ3n) is 3.33. The smallest absolute Gasteiger partial charge is 0.254 e. The van der Waals surface area contributed by atoms with Gasteiger partial charge in [-0.15, -0.1) is 0 Å². The van der Waals surface area contributed by atoms with E-state index in [9.17, 15) is 4.79 Å². The summed E-state index contributed by atoms with van der Waals surface area (Å²) in [6.45, 7) is 1.33. The molecule has 0 spiro atoms. The zero-order valence-electron chi connectivity index (χ0n) is 10.3. The fraction of sp³-hybridized carbons (Fsp3) is 0.200. The van der Waals surface area contributed by atoms with Crippen LogP contribution in [0, 0.1) is 0 Å². The molecule has 1 aliphatic rings. The van der Waals surface area contributed by atoms with Crippen molar-refractivity contribution in [3.8, 4) is 0 Å². The van der Waals surface area contributed by atoms with Gasteiger partial charge in [-0.25, -0.2) is 0 Å². The minimum absolute atomic E-state index is 0.103. The Balaban J connectivity index is 1.81. The maximum Gasteiger partial charge on any atom is 0.254 e. The van der Waals surface area contributed by atoms with E-state index in [4.69, 9.17) is 0 Å². The van der Waals surface area contributed by atoms with Crippen molar-refractivity contribution in [3.63, 3.8) is 0 Å². The standard InChI is InChI=1S/C15H13BrN2O/c16-12-5-6-13(17-9-12)10-18-8-7-11-3-1-2-4-14(11)15(18)19/h1-6,9H,7-8,10H2. The first-order valence-corrected chi connectivity index (χ1v) is 7.01. The minimum Gasteiger partial charge on any atom is -0.332 e. The quantitative estimate of drug-likeness (QED) is 0.853. The highest BCUT2D eigenvalue weighted by Crippen LogP contribution is 2.20. The normalized spacial score (nSPS) is 14.4. The zero-order chi connectivity index (χ0) is 13.2. The van der Waals surface area contributed by atoms with Crippen LogP contribution in [0.1, 0.15) is 21.6 Å². The molecule has 2 aromatic rings. The second-order valence-electron chi connectivity index (χ2n) is 4.60. The Morgan fingerprint density at radius 2 is 2.05 bits per heavy atom. The number of aromatic nitrogens is 1. The average Bonchev–Trinajstić information content (AvgIpc) is 2.45. The lowest BCUT2D eigenvalue weighted by molar-refractivity contribution is 0.0725. The molecule has 1 aromatic carbocycles. The van der Waals surface area contributed by atoms with Crippen molar-refractivity contribution in [2.45, 2.75) is 13.0 Å². The molecule has 0 N–H and O–H groups in total. The Labute approximate surface area is 120 Å². The van der Waals surface area contributed by atoms with Gasteiger partial charge in [-0.1, -0.05) is 18.2 Å². The van der Waals surface area contributed by atoms with E-state index in [1.807, 2.05) is 41.3 Å². The number of hydrogen-bond acceptors (Lipinski definition) is 2. The van der Waals surface area contributed by atoms with Crippen molar-refractivity contribution in [2.75, 3.05) is 6.54 Å². The van der Waals surface area contributed by atoms with Crippen molar-refractivity contribution in [1.82, 2.24) is 9.88 Å². The first-order chi connectivity index (χ1) is 9.24. The average molecular weight is 317 g/mol. The van der Waals surface area contributed by atoms with Gasteiger partial charge in [0.05, 0.1) is 12.2 Å². The van der Waals surface area contributed by atoms with Crippen LogP contribution in [0.5, 0.6) is 0 Å². The van der Waals surface area contributed by atoms with E-state index >= 15 is 0 Å². The van der Waals surface area contributed by atoms with Crippen LogP contribution in [0.25, 0.3) is 0 Å². The summed E-state index contributed by atoms with van der Waals surface area (Å²) in [4.78, 5) is 18.6. The predicted octanol–water partition coefficient (Wildman–Crippen LogP) is 3.04. The summed E-state index contributed by atoms with van der Waals surface area (Å²) < 4.78 is 0.951. The van der Waals surface area contributed by atoms with E-state index in [2.05, 4.69) is 20.9 Å². The van der Waals surface area contributed by atoms with Gasteiger partial charge < -0.3 is 4.90 Å². The van der Waals surface area contributed by atoms with Crippen LogP contribution >= 0.6 is 15.9 Å². The lowest BCUT2D eigenvalue weighted by Crippen LogP contribution is -2.37. The zero-order valence-corrected chi connectivity index (χ0v) is 11.9. The van der Waals surface area contributed by atoms with Crippen molar-refractivity contribution in [2.24, 2.45) is 0 Å². The molecule has 96 valence electrons. The van der Waals surface area contributed by atoms with Gasteiger partial charge in [-0.05, 0) is 46.1 Å². The lowest BCUT2D eigenvalue weighted by atomic mass is 9.99. The van der Waals surface area contributed by atoms with Gasteiger partial charge in [0.15, 0.2) is 0 Å². The van der Waals surface area contributed by atoms with Crippen molar-refractivity contribution < 1.29 is 4.79 Å². The second kappa shape index (κ2) is 5.13. The maximum atomic E-state index is 12.4. The van der Waals surface area contributed by atoms with Crippen molar-refractivity contribution in [3.05, 3.63) is 63.9 Å². The van der Waals surface area contributed by atoms with Crippen LogP contribution in [0.2, 0.25) is 0 Å². The van der Waals surface area contributed by atoms with Crippen LogP contribution in [0.15, 0.2) is 47.1 Å². The lowest BCUT2D eigenvalue weighted by Gasteiger charge is -2.28. The summed E-state index contributed by atoms with van der Waals surface area (Å²) in [7, 11) is 0. The molecule has 0 fully saturated rings. The van der Waals surface area contributed by atoms with Gasteiger partial charge in [0.1, 0.15) is 0 Å². The Morgan fingerprint density at radius 1 is 1.21 bits per heavy atom. The maximum absolute atomic E-state index is 12.4. The SMILES string of the molecule is O=C1c2ccccc2CCN1Cc1ccc(Br)cn1.